The van der Waals surface area contributed by atoms with E-state index in [1.54, 1.807) is 36.4 Å². The third-order valence-corrected chi connectivity index (χ3v) is 4.18. The van der Waals surface area contributed by atoms with Gasteiger partial charge in [0.25, 0.3) is 5.91 Å². The van der Waals surface area contributed by atoms with E-state index in [4.69, 9.17) is 15.2 Å². The van der Waals surface area contributed by atoms with Crippen molar-refractivity contribution in [1.82, 2.24) is 4.98 Å². The predicted molar refractivity (Wildman–Crippen MR) is 97.6 cm³/mol. The summed E-state index contributed by atoms with van der Waals surface area (Å²) in [5.74, 6) is 0.953. The average molecular weight is 355 g/mol. The molecule has 0 fully saturated rings. The summed E-state index contributed by atoms with van der Waals surface area (Å²) in [5.41, 5.74) is 6.21. The van der Waals surface area contributed by atoms with Crippen molar-refractivity contribution in [3.8, 4) is 11.5 Å². The largest absolute Gasteiger partial charge is 0.497 e. The smallest absolute Gasteiger partial charge is 0.270 e. The highest BCUT2D eigenvalue weighted by molar-refractivity contribution is 6.08. The Morgan fingerprint density at radius 3 is 2.81 bits per heavy atom. The molecule has 7 heteroatoms. The maximum atomic E-state index is 12.9. The first-order chi connectivity index (χ1) is 12.4. The summed E-state index contributed by atoms with van der Waals surface area (Å²) in [7, 11) is 1.53. The van der Waals surface area contributed by atoms with Gasteiger partial charge < -0.3 is 15.2 Å². The molecule has 1 aliphatic rings. The topological polar surface area (TPSA) is 94.8 Å². The normalized spacial score (nSPS) is 16.2. The van der Waals surface area contributed by atoms with E-state index in [1.165, 1.54) is 12.0 Å². The van der Waals surface area contributed by atoms with E-state index in [-0.39, 0.29) is 35.8 Å². The van der Waals surface area contributed by atoms with Gasteiger partial charge >= 0.3 is 0 Å². The van der Waals surface area contributed by atoms with Gasteiger partial charge in [-0.3, -0.25) is 14.5 Å². The van der Waals surface area contributed by atoms with Crippen LogP contribution in [0.1, 0.15) is 24.2 Å². The zero-order valence-corrected chi connectivity index (χ0v) is 14.9. The fourth-order valence-corrected chi connectivity index (χ4v) is 2.79. The van der Waals surface area contributed by atoms with Crippen LogP contribution in [-0.2, 0) is 4.79 Å². The zero-order valence-electron chi connectivity index (χ0n) is 14.9. The lowest BCUT2D eigenvalue weighted by atomic mass is 10.0. The first-order valence-corrected chi connectivity index (χ1v) is 8.32. The molecule has 0 saturated heterocycles. The molecular weight excluding hydrogens is 334 g/mol. The van der Waals surface area contributed by atoms with Gasteiger partial charge in [-0.1, -0.05) is 26.0 Å². The number of carbonyl (C=O) groups excluding carboxylic acids is 2. The number of nitrogen functional groups attached to an aromatic ring is 1. The molecule has 0 aliphatic carbocycles. The summed E-state index contributed by atoms with van der Waals surface area (Å²) in [4.78, 5) is 31.2. The maximum absolute atomic E-state index is 12.9. The quantitative estimate of drug-likeness (QED) is 0.827. The van der Waals surface area contributed by atoms with Crippen molar-refractivity contribution in [3.63, 3.8) is 0 Å². The second-order valence-corrected chi connectivity index (χ2v) is 6.42. The molecule has 0 bridgehead atoms. The SMILES string of the molecule is COc1cccc(C(=O)CN2C(=O)C(C(C)C)Oc3ccc(N)nc32)c1. The molecule has 1 atom stereocenters. The van der Waals surface area contributed by atoms with E-state index in [9.17, 15) is 9.59 Å². The van der Waals surface area contributed by atoms with E-state index >= 15 is 0 Å². The minimum absolute atomic E-state index is 0.0531. The van der Waals surface area contributed by atoms with Crippen molar-refractivity contribution >= 4 is 23.3 Å². The Bertz CT molecular complexity index is 850. The summed E-state index contributed by atoms with van der Waals surface area (Å²) < 4.78 is 10.9. The number of ketones is 1. The van der Waals surface area contributed by atoms with Crippen molar-refractivity contribution in [2.75, 3.05) is 24.3 Å². The zero-order chi connectivity index (χ0) is 18.8. The lowest BCUT2D eigenvalue weighted by Gasteiger charge is -2.34. The Morgan fingerprint density at radius 2 is 2.12 bits per heavy atom. The van der Waals surface area contributed by atoms with Gasteiger partial charge in [-0.15, -0.1) is 0 Å². The molecule has 2 N–H and O–H groups in total. The van der Waals surface area contributed by atoms with Crippen LogP contribution >= 0.6 is 0 Å². The Labute approximate surface area is 151 Å². The summed E-state index contributed by atoms with van der Waals surface area (Å²) in [6.45, 7) is 3.63. The van der Waals surface area contributed by atoms with E-state index in [0.29, 0.717) is 17.1 Å². The van der Waals surface area contributed by atoms with E-state index in [0.717, 1.165) is 0 Å². The lowest BCUT2D eigenvalue weighted by Crippen LogP contribution is -2.50. The van der Waals surface area contributed by atoms with Crippen LogP contribution in [0.5, 0.6) is 11.5 Å². The number of Topliss-reactive ketones (excluding diaryl/α,β-unsaturated/α-hetero) is 1. The molecule has 0 saturated carbocycles. The molecule has 1 amide bonds. The van der Waals surface area contributed by atoms with Crippen LogP contribution in [0.15, 0.2) is 36.4 Å². The first-order valence-electron chi connectivity index (χ1n) is 8.32. The second-order valence-electron chi connectivity index (χ2n) is 6.42. The number of ether oxygens (including phenoxy) is 2. The van der Waals surface area contributed by atoms with Crippen LogP contribution < -0.4 is 20.1 Å². The Balaban J connectivity index is 1.95. The van der Waals surface area contributed by atoms with Crippen molar-refractivity contribution in [2.24, 2.45) is 5.92 Å². The number of carbonyl (C=O) groups is 2. The molecule has 1 unspecified atom stereocenters. The lowest BCUT2D eigenvalue weighted by molar-refractivity contribution is -0.128. The number of methoxy groups -OCH3 is 1. The highest BCUT2D eigenvalue weighted by Gasteiger charge is 2.38. The third-order valence-electron chi connectivity index (χ3n) is 4.18. The number of nitrogens with two attached hydrogens (primary N) is 1. The van der Waals surface area contributed by atoms with Gasteiger partial charge in [0.05, 0.1) is 13.7 Å². The van der Waals surface area contributed by atoms with Gasteiger partial charge in [0.1, 0.15) is 11.6 Å². The second kappa shape index (κ2) is 7.03. The molecule has 7 nitrogen and oxygen atoms in total. The number of fused-ring (bicyclic) bond motifs is 1. The minimum atomic E-state index is -0.675. The number of anilines is 2. The highest BCUT2D eigenvalue weighted by Crippen LogP contribution is 2.34. The molecule has 2 aromatic rings. The molecule has 1 aliphatic heterocycles. The number of nitrogens with zero attached hydrogens (tertiary/aromatic N) is 2. The van der Waals surface area contributed by atoms with Crippen LogP contribution in [0.25, 0.3) is 0 Å². The van der Waals surface area contributed by atoms with Gasteiger partial charge in [0, 0.05) is 5.56 Å². The molecule has 2 heterocycles. The molecule has 136 valence electrons. The van der Waals surface area contributed by atoms with Gasteiger partial charge in [-0.2, -0.15) is 0 Å². The van der Waals surface area contributed by atoms with E-state index < -0.39 is 6.10 Å². The van der Waals surface area contributed by atoms with Crippen LogP contribution in [0, 0.1) is 5.92 Å². The monoisotopic (exact) mass is 355 g/mol. The van der Waals surface area contributed by atoms with Gasteiger partial charge in [-0.05, 0) is 30.2 Å². The van der Waals surface area contributed by atoms with Crippen LogP contribution in [0.3, 0.4) is 0 Å². The van der Waals surface area contributed by atoms with E-state index in [2.05, 4.69) is 4.98 Å². The van der Waals surface area contributed by atoms with Gasteiger partial charge in [-0.25, -0.2) is 4.98 Å². The Morgan fingerprint density at radius 1 is 1.35 bits per heavy atom. The van der Waals surface area contributed by atoms with E-state index in [1.807, 2.05) is 13.8 Å². The van der Waals surface area contributed by atoms with Crippen molar-refractivity contribution in [2.45, 2.75) is 20.0 Å². The van der Waals surface area contributed by atoms with Crippen LogP contribution in [0.2, 0.25) is 0 Å². The van der Waals surface area contributed by atoms with Crippen LogP contribution in [0.4, 0.5) is 11.6 Å². The summed E-state index contributed by atoms with van der Waals surface area (Å²) >= 11 is 0. The third kappa shape index (κ3) is 3.33. The van der Waals surface area contributed by atoms with Crippen molar-refractivity contribution < 1.29 is 19.1 Å². The summed E-state index contributed by atoms with van der Waals surface area (Å²) in [6.07, 6.45) is -0.675. The standard InChI is InChI=1S/C19H21N3O4/c1-11(2)17-19(24)22(18-15(26-17)7-8-16(20)21-18)10-14(23)12-5-4-6-13(9-12)25-3/h4-9,11,17H,10H2,1-3H3,(H2,20,21). The molecule has 3 rings (SSSR count). The molecule has 0 spiro atoms. The number of hydrogen-bond donors (Lipinski definition) is 1. The molecule has 1 aromatic carbocycles. The maximum Gasteiger partial charge on any atom is 0.270 e. The highest BCUT2D eigenvalue weighted by atomic mass is 16.5. The van der Waals surface area contributed by atoms with Gasteiger partial charge in [0.15, 0.2) is 23.5 Å². The number of rotatable bonds is 5. The fraction of sp³-hybridized carbons (Fsp3) is 0.316. The van der Waals surface area contributed by atoms with Crippen molar-refractivity contribution in [1.29, 1.82) is 0 Å². The molecular formula is C19H21N3O4. The minimum Gasteiger partial charge on any atom is -0.497 e. The summed E-state index contributed by atoms with van der Waals surface area (Å²) in [6, 6.07) is 10.1. The Hall–Kier alpha value is -3.09. The number of aromatic nitrogens is 1. The van der Waals surface area contributed by atoms with Crippen LogP contribution in [-0.4, -0.2) is 36.4 Å². The molecule has 1 aromatic heterocycles. The average Bonchev–Trinajstić information content (AvgIpc) is 2.63. The van der Waals surface area contributed by atoms with Gasteiger partial charge in [0.2, 0.25) is 0 Å². The first kappa shape index (κ1) is 17.7. The number of amides is 1. The molecule has 0 radical (unpaired) electrons. The number of pyridine rings is 1. The summed E-state index contributed by atoms with van der Waals surface area (Å²) in [5, 5.41) is 0. The fourth-order valence-electron chi connectivity index (χ4n) is 2.79. The number of benzene rings is 1. The predicted octanol–water partition coefficient (Wildman–Crippen LogP) is 2.31. The molecule has 26 heavy (non-hydrogen) atoms. The number of hydrogen-bond acceptors (Lipinski definition) is 6. The van der Waals surface area contributed by atoms with Crippen molar-refractivity contribution in [3.05, 3.63) is 42.0 Å². The Kier molecular flexibility index (Phi) is 4.79.